The van der Waals surface area contributed by atoms with Gasteiger partial charge in [0, 0.05) is 11.6 Å². The van der Waals surface area contributed by atoms with Crippen molar-refractivity contribution < 1.29 is 28.5 Å². The first-order chi connectivity index (χ1) is 17.5. The molecule has 1 amide bonds. The molecule has 0 aliphatic carbocycles. The van der Waals surface area contributed by atoms with E-state index < -0.39 is 5.91 Å². The second-order valence-corrected chi connectivity index (χ2v) is 7.44. The van der Waals surface area contributed by atoms with Gasteiger partial charge in [-0.2, -0.15) is 0 Å². The molecule has 0 radical (unpaired) electrons. The number of hydrogen-bond acceptors (Lipinski definition) is 8. The van der Waals surface area contributed by atoms with Gasteiger partial charge in [-0.3, -0.25) is 4.79 Å². The van der Waals surface area contributed by atoms with Crippen LogP contribution in [0.15, 0.2) is 60.7 Å². The highest BCUT2D eigenvalue weighted by Crippen LogP contribution is 2.41. The first-order valence-electron chi connectivity index (χ1n) is 10.9. The van der Waals surface area contributed by atoms with E-state index in [9.17, 15) is 4.79 Å². The van der Waals surface area contributed by atoms with Crippen molar-refractivity contribution in [1.82, 2.24) is 14.8 Å². The van der Waals surface area contributed by atoms with Crippen molar-refractivity contribution in [2.45, 2.75) is 0 Å². The molecule has 0 spiro atoms. The molecule has 3 aromatic carbocycles. The lowest BCUT2D eigenvalue weighted by atomic mass is 10.1. The Bertz CT molecular complexity index is 1360. The predicted octanol–water partition coefficient (Wildman–Crippen LogP) is 4.23. The van der Waals surface area contributed by atoms with Gasteiger partial charge in [0.25, 0.3) is 5.91 Å². The molecule has 0 fully saturated rings. The van der Waals surface area contributed by atoms with Crippen LogP contribution < -0.4 is 29.0 Å². The molecule has 0 bridgehead atoms. The number of nitrogens with one attached hydrogen (secondary N) is 1. The molecule has 186 valence electrons. The monoisotopic (exact) mass is 490 g/mol. The van der Waals surface area contributed by atoms with Crippen molar-refractivity contribution in [3.8, 4) is 45.8 Å². The summed E-state index contributed by atoms with van der Waals surface area (Å²) in [5.41, 5.74) is 1.73. The summed E-state index contributed by atoms with van der Waals surface area (Å²) in [5.74, 6) is 2.28. The first-order valence-corrected chi connectivity index (χ1v) is 10.9. The van der Waals surface area contributed by atoms with Gasteiger partial charge in [-0.05, 0) is 36.4 Å². The first kappa shape index (κ1) is 24.4. The number of carbonyl (C=O) groups is 1. The second-order valence-electron chi connectivity index (χ2n) is 7.44. The third kappa shape index (κ3) is 4.74. The average Bonchev–Trinajstić information content (AvgIpc) is 3.38. The summed E-state index contributed by atoms with van der Waals surface area (Å²) in [5, 5.41) is 7.33. The Hall–Kier alpha value is -4.73. The Labute approximate surface area is 208 Å². The van der Waals surface area contributed by atoms with Crippen LogP contribution in [-0.2, 0) is 0 Å². The third-order valence-electron chi connectivity index (χ3n) is 5.39. The van der Waals surface area contributed by atoms with Crippen LogP contribution in [0.2, 0.25) is 0 Å². The molecule has 4 aromatic rings. The average molecular weight is 491 g/mol. The summed E-state index contributed by atoms with van der Waals surface area (Å²) in [4.78, 5) is 17.8. The van der Waals surface area contributed by atoms with Crippen molar-refractivity contribution in [2.75, 3.05) is 40.9 Å². The second kappa shape index (κ2) is 10.7. The molecule has 0 aliphatic rings. The van der Waals surface area contributed by atoms with E-state index in [4.69, 9.17) is 23.7 Å². The fourth-order valence-corrected chi connectivity index (χ4v) is 3.65. The SMILES string of the molecule is COc1cccc(-n2nc(C(=O)Nc3ccccc3OC)nc2-c2cc(OC)c(OC)c(OC)c2)c1. The number of ether oxygens (including phenoxy) is 5. The molecule has 1 N–H and O–H groups in total. The number of nitrogens with zero attached hydrogens (tertiary/aromatic N) is 3. The molecule has 0 unspecified atom stereocenters. The molecule has 0 saturated carbocycles. The summed E-state index contributed by atoms with van der Waals surface area (Å²) in [6, 6.07) is 17.8. The van der Waals surface area contributed by atoms with Crippen LogP contribution in [0.5, 0.6) is 28.7 Å². The van der Waals surface area contributed by atoms with E-state index in [0.717, 1.165) is 0 Å². The third-order valence-corrected chi connectivity index (χ3v) is 5.39. The zero-order valence-electron chi connectivity index (χ0n) is 20.6. The highest BCUT2D eigenvalue weighted by molar-refractivity contribution is 6.02. The maximum absolute atomic E-state index is 13.2. The maximum Gasteiger partial charge on any atom is 0.295 e. The number of para-hydroxylation sites is 2. The van der Waals surface area contributed by atoms with E-state index in [1.165, 1.54) is 28.4 Å². The Morgan fingerprint density at radius 1 is 0.778 bits per heavy atom. The highest BCUT2D eigenvalue weighted by Gasteiger charge is 2.23. The molecular weight excluding hydrogens is 464 g/mol. The molecule has 0 saturated heterocycles. The lowest BCUT2D eigenvalue weighted by molar-refractivity contribution is 0.101. The number of methoxy groups -OCH3 is 5. The lowest BCUT2D eigenvalue weighted by Gasteiger charge is -2.14. The smallest absolute Gasteiger partial charge is 0.295 e. The van der Waals surface area contributed by atoms with Crippen molar-refractivity contribution in [1.29, 1.82) is 0 Å². The van der Waals surface area contributed by atoms with Crippen LogP contribution in [0, 0.1) is 0 Å². The minimum absolute atomic E-state index is 0.0486. The molecule has 10 nitrogen and oxygen atoms in total. The maximum atomic E-state index is 13.2. The molecular formula is C26H26N4O6. The van der Waals surface area contributed by atoms with E-state index in [0.29, 0.717) is 51.5 Å². The summed E-state index contributed by atoms with van der Waals surface area (Å²) in [6.07, 6.45) is 0. The topological polar surface area (TPSA) is 106 Å². The number of aromatic nitrogens is 3. The zero-order valence-corrected chi connectivity index (χ0v) is 20.6. The number of rotatable bonds is 9. The normalized spacial score (nSPS) is 10.5. The lowest BCUT2D eigenvalue weighted by Crippen LogP contribution is -2.15. The van der Waals surface area contributed by atoms with Crippen molar-refractivity contribution in [3.63, 3.8) is 0 Å². The largest absolute Gasteiger partial charge is 0.497 e. The number of amides is 1. The number of anilines is 1. The van der Waals surface area contributed by atoms with E-state index in [1.54, 1.807) is 48.2 Å². The summed E-state index contributed by atoms with van der Waals surface area (Å²) in [7, 11) is 7.69. The summed E-state index contributed by atoms with van der Waals surface area (Å²) in [6.45, 7) is 0. The van der Waals surface area contributed by atoms with Gasteiger partial charge in [-0.25, -0.2) is 9.67 Å². The van der Waals surface area contributed by atoms with Crippen molar-refractivity contribution in [3.05, 3.63) is 66.5 Å². The fraction of sp³-hybridized carbons (Fsp3) is 0.192. The summed E-state index contributed by atoms with van der Waals surface area (Å²) < 4.78 is 28.7. The van der Waals surface area contributed by atoms with Crippen LogP contribution in [0.3, 0.4) is 0 Å². The van der Waals surface area contributed by atoms with Crippen LogP contribution >= 0.6 is 0 Å². The van der Waals surface area contributed by atoms with Crippen molar-refractivity contribution >= 4 is 11.6 Å². The molecule has 1 heterocycles. The Morgan fingerprint density at radius 3 is 2.11 bits per heavy atom. The standard InChI is InChI=1S/C26H26N4O6/c1-32-18-10-8-9-17(15-18)30-25(16-13-21(34-3)23(36-5)22(14-16)35-4)28-24(29-30)26(31)27-19-11-6-7-12-20(19)33-2/h6-15H,1-5H3,(H,27,31). The van der Waals surface area contributed by atoms with Gasteiger partial charge in [-0.1, -0.05) is 18.2 Å². The van der Waals surface area contributed by atoms with Gasteiger partial charge in [0.2, 0.25) is 11.6 Å². The van der Waals surface area contributed by atoms with Crippen LogP contribution in [0.4, 0.5) is 5.69 Å². The molecule has 0 atom stereocenters. The molecule has 0 aliphatic heterocycles. The number of hydrogen-bond donors (Lipinski definition) is 1. The van der Waals surface area contributed by atoms with Crippen LogP contribution in [-0.4, -0.2) is 56.2 Å². The van der Waals surface area contributed by atoms with Crippen LogP contribution in [0.1, 0.15) is 10.6 Å². The summed E-state index contributed by atoms with van der Waals surface area (Å²) >= 11 is 0. The van der Waals surface area contributed by atoms with E-state index in [2.05, 4.69) is 15.4 Å². The fourth-order valence-electron chi connectivity index (χ4n) is 3.65. The highest BCUT2D eigenvalue weighted by atomic mass is 16.5. The van der Waals surface area contributed by atoms with Gasteiger partial charge in [0.15, 0.2) is 17.3 Å². The predicted molar refractivity (Wildman–Crippen MR) is 134 cm³/mol. The van der Waals surface area contributed by atoms with Gasteiger partial charge in [0.05, 0.1) is 46.9 Å². The van der Waals surface area contributed by atoms with Gasteiger partial charge < -0.3 is 29.0 Å². The number of benzene rings is 3. The molecule has 10 heteroatoms. The Kier molecular flexibility index (Phi) is 7.24. The molecule has 1 aromatic heterocycles. The van der Waals surface area contributed by atoms with Crippen LogP contribution in [0.25, 0.3) is 17.1 Å². The Morgan fingerprint density at radius 2 is 1.47 bits per heavy atom. The quantitative estimate of drug-likeness (QED) is 0.372. The van der Waals surface area contributed by atoms with Crippen molar-refractivity contribution in [2.24, 2.45) is 0 Å². The number of carbonyl (C=O) groups excluding carboxylic acids is 1. The minimum atomic E-state index is -0.505. The molecule has 36 heavy (non-hydrogen) atoms. The van der Waals surface area contributed by atoms with Gasteiger partial charge in [0.1, 0.15) is 11.5 Å². The van der Waals surface area contributed by atoms with E-state index >= 15 is 0 Å². The zero-order chi connectivity index (χ0) is 25.7. The van der Waals surface area contributed by atoms with E-state index in [-0.39, 0.29) is 5.82 Å². The van der Waals surface area contributed by atoms with Gasteiger partial charge >= 0.3 is 0 Å². The molecule has 4 rings (SSSR count). The Balaban J connectivity index is 1.86. The minimum Gasteiger partial charge on any atom is -0.497 e. The van der Waals surface area contributed by atoms with Gasteiger partial charge in [-0.15, -0.1) is 5.10 Å². The van der Waals surface area contributed by atoms with E-state index in [1.807, 2.05) is 24.3 Å².